The average molecular weight is 258 g/mol. The molecule has 2 unspecified atom stereocenters. The molecule has 0 aliphatic rings. The standard InChI is InChI=1S/C13H26N2O3/c1-6-11(5)15(8-3)13(18)14(7-2)9-10(4)12(16)17/h10-11H,6-9H2,1-5H3,(H,16,17). The number of carbonyl (C=O) groups is 2. The average Bonchev–Trinajstić information content (AvgIpc) is 2.35. The van der Waals surface area contributed by atoms with Crippen molar-refractivity contribution >= 4 is 12.0 Å². The molecule has 0 saturated carbocycles. The molecule has 0 saturated heterocycles. The van der Waals surface area contributed by atoms with E-state index in [0.717, 1.165) is 6.42 Å². The highest BCUT2D eigenvalue weighted by molar-refractivity contribution is 5.76. The number of hydrogen-bond donors (Lipinski definition) is 1. The molecule has 0 rings (SSSR count). The number of amides is 2. The second-order valence-corrected chi connectivity index (χ2v) is 4.60. The number of hydrogen-bond acceptors (Lipinski definition) is 2. The molecule has 0 aromatic carbocycles. The number of nitrogens with zero attached hydrogens (tertiary/aromatic N) is 2. The number of carboxylic acids is 1. The zero-order valence-electron chi connectivity index (χ0n) is 12.1. The smallest absolute Gasteiger partial charge is 0.320 e. The molecule has 5 heteroatoms. The fraction of sp³-hybridized carbons (Fsp3) is 0.846. The quantitative estimate of drug-likeness (QED) is 0.762. The lowest BCUT2D eigenvalue weighted by Crippen LogP contribution is -2.48. The van der Waals surface area contributed by atoms with Gasteiger partial charge in [0.25, 0.3) is 0 Å². The highest BCUT2D eigenvalue weighted by atomic mass is 16.4. The Labute approximate surface area is 110 Å². The predicted molar refractivity (Wildman–Crippen MR) is 71.6 cm³/mol. The molecule has 0 aliphatic heterocycles. The maximum atomic E-state index is 12.3. The number of carboxylic acid groups (broad SMARTS) is 1. The molecule has 0 aliphatic carbocycles. The summed E-state index contributed by atoms with van der Waals surface area (Å²) < 4.78 is 0. The summed E-state index contributed by atoms with van der Waals surface area (Å²) in [6.07, 6.45) is 0.894. The van der Waals surface area contributed by atoms with Crippen LogP contribution >= 0.6 is 0 Å². The minimum absolute atomic E-state index is 0.0672. The summed E-state index contributed by atoms with van der Waals surface area (Å²) >= 11 is 0. The summed E-state index contributed by atoms with van der Waals surface area (Å²) in [7, 11) is 0. The van der Waals surface area contributed by atoms with Gasteiger partial charge in [-0.3, -0.25) is 4.79 Å². The lowest BCUT2D eigenvalue weighted by atomic mass is 10.1. The van der Waals surface area contributed by atoms with E-state index < -0.39 is 11.9 Å². The van der Waals surface area contributed by atoms with Gasteiger partial charge in [0.2, 0.25) is 0 Å². The monoisotopic (exact) mass is 258 g/mol. The Morgan fingerprint density at radius 2 is 1.67 bits per heavy atom. The van der Waals surface area contributed by atoms with Crippen molar-refractivity contribution in [3.63, 3.8) is 0 Å². The molecule has 5 nitrogen and oxygen atoms in total. The van der Waals surface area contributed by atoms with Crippen LogP contribution in [0.15, 0.2) is 0 Å². The number of rotatable bonds is 7. The van der Waals surface area contributed by atoms with Gasteiger partial charge < -0.3 is 14.9 Å². The van der Waals surface area contributed by atoms with Gasteiger partial charge in [0.05, 0.1) is 5.92 Å². The lowest BCUT2D eigenvalue weighted by molar-refractivity contribution is -0.141. The van der Waals surface area contributed by atoms with Crippen molar-refractivity contribution in [1.82, 2.24) is 9.80 Å². The van der Waals surface area contributed by atoms with Crippen molar-refractivity contribution in [2.45, 2.75) is 47.1 Å². The molecule has 2 atom stereocenters. The molecule has 0 fully saturated rings. The third-order valence-electron chi connectivity index (χ3n) is 3.28. The fourth-order valence-corrected chi connectivity index (χ4v) is 1.79. The zero-order chi connectivity index (χ0) is 14.3. The van der Waals surface area contributed by atoms with Crippen LogP contribution in [-0.4, -0.2) is 52.6 Å². The van der Waals surface area contributed by atoms with Crippen LogP contribution in [0, 0.1) is 5.92 Å². The molecular formula is C13H26N2O3. The van der Waals surface area contributed by atoms with E-state index in [-0.39, 0.29) is 18.6 Å². The fourth-order valence-electron chi connectivity index (χ4n) is 1.79. The second-order valence-electron chi connectivity index (χ2n) is 4.60. The van der Waals surface area contributed by atoms with E-state index in [1.807, 2.05) is 27.7 Å². The third-order valence-corrected chi connectivity index (χ3v) is 3.28. The normalized spacial score (nSPS) is 13.8. The highest BCUT2D eigenvalue weighted by Gasteiger charge is 2.25. The minimum Gasteiger partial charge on any atom is -0.481 e. The number of urea groups is 1. The van der Waals surface area contributed by atoms with Gasteiger partial charge in [-0.1, -0.05) is 13.8 Å². The second kappa shape index (κ2) is 7.95. The van der Waals surface area contributed by atoms with Gasteiger partial charge in [-0.2, -0.15) is 0 Å². The van der Waals surface area contributed by atoms with Gasteiger partial charge >= 0.3 is 12.0 Å². The Balaban J connectivity index is 4.72. The Hall–Kier alpha value is -1.26. The zero-order valence-corrected chi connectivity index (χ0v) is 12.1. The van der Waals surface area contributed by atoms with Crippen molar-refractivity contribution in [2.24, 2.45) is 5.92 Å². The van der Waals surface area contributed by atoms with Crippen LogP contribution in [-0.2, 0) is 4.79 Å². The van der Waals surface area contributed by atoms with Gasteiger partial charge in [0.1, 0.15) is 0 Å². The molecule has 0 aromatic rings. The van der Waals surface area contributed by atoms with E-state index in [4.69, 9.17) is 5.11 Å². The number of carbonyl (C=O) groups excluding carboxylic acids is 1. The lowest BCUT2D eigenvalue weighted by Gasteiger charge is -2.33. The first-order chi connectivity index (χ1) is 8.38. The van der Waals surface area contributed by atoms with Crippen molar-refractivity contribution in [2.75, 3.05) is 19.6 Å². The Morgan fingerprint density at radius 1 is 1.11 bits per heavy atom. The van der Waals surface area contributed by atoms with Crippen LogP contribution in [0.5, 0.6) is 0 Å². The van der Waals surface area contributed by atoms with Crippen molar-refractivity contribution in [3.05, 3.63) is 0 Å². The minimum atomic E-state index is -0.868. The highest BCUT2D eigenvalue weighted by Crippen LogP contribution is 2.10. The summed E-state index contributed by atoms with van der Waals surface area (Å²) in [6, 6.07) is 0.110. The molecule has 0 spiro atoms. The van der Waals surface area contributed by atoms with E-state index in [2.05, 4.69) is 0 Å². The summed E-state index contributed by atoms with van der Waals surface area (Å²) in [5.41, 5.74) is 0. The molecule has 0 heterocycles. The summed E-state index contributed by atoms with van der Waals surface area (Å²) in [4.78, 5) is 26.6. The molecular weight excluding hydrogens is 232 g/mol. The van der Waals surface area contributed by atoms with Crippen molar-refractivity contribution in [3.8, 4) is 0 Å². The molecule has 1 N–H and O–H groups in total. The molecule has 106 valence electrons. The van der Waals surface area contributed by atoms with Gasteiger partial charge in [-0.05, 0) is 27.2 Å². The number of aliphatic carboxylic acids is 1. The Morgan fingerprint density at radius 3 is 2.00 bits per heavy atom. The summed E-state index contributed by atoms with van der Waals surface area (Å²) in [5, 5.41) is 8.91. The van der Waals surface area contributed by atoms with Gasteiger partial charge in [-0.15, -0.1) is 0 Å². The summed E-state index contributed by atoms with van der Waals surface area (Å²) in [6.45, 7) is 10.9. The van der Waals surface area contributed by atoms with E-state index in [9.17, 15) is 9.59 Å². The topological polar surface area (TPSA) is 60.9 Å². The van der Waals surface area contributed by atoms with Crippen LogP contribution < -0.4 is 0 Å². The van der Waals surface area contributed by atoms with E-state index in [1.165, 1.54) is 0 Å². The first-order valence-corrected chi connectivity index (χ1v) is 6.67. The maximum absolute atomic E-state index is 12.3. The van der Waals surface area contributed by atoms with Crippen LogP contribution in [0.25, 0.3) is 0 Å². The summed E-state index contributed by atoms with van der Waals surface area (Å²) in [5.74, 6) is -1.41. The first kappa shape index (κ1) is 16.7. The van der Waals surface area contributed by atoms with Crippen LogP contribution in [0.3, 0.4) is 0 Å². The molecule has 0 radical (unpaired) electrons. The van der Waals surface area contributed by atoms with Gasteiger partial charge in [0.15, 0.2) is 0 Å². The van der Waals surface area contributed by atoms with E-state index >= 15 is 0 Å². The van der Waals surface area contributed by atoms with Crippen LogP contribution in [0.1, 0.15) is 41.0 Å². The Kier molecular flexibility index (Phi) is 7.39. The maximum Gasteiger partial charge on any atom is 0.320 e. The van der Waals surface area contributed by atoms with E-state index in [0.29, 0.717) is 13.1 Å². The van der Waals surface area contributed by atoms with Crippen molar-refractivity contribution in [1.29, 1.82) is 0 Å². The first-order valence-electron chi connectivity index (χ1n) is 6.67. The molecule has 0 aromatic heterocycles. The molecule has 18 heavy (non-hydrogen) atoms. The van der Waals surface area contributed by atoms with Gasteiger partial charge in [0, 0.05) is 25.7 Å². The Bertz CT molecular complexity index is 281. The third kappa shape index (κ3) is 4.55. The predicted octanol–water partition coefficient (Wildman–Crippen LogP) is 2.27. The van der Waals surface area contributed by atoms with E-state index in [1.54, 1.807) is 16.7 Å². The molecule has 2 amide bonds. The van der Waals surface area contributed by atoms with Crippen LogP contribution in [0.4, 0.5) is 4.79 Å². The largest absolute Gasteiger partial charge is 0.481 e. The van der Waals surface area contributed by atoms with Crippen molar-refractivity contribution < 1.29 is 14.7 Å². The van der Waals surface area contributed by atoms with Crippen LogP contribution in [0.2, 0.25) is 0 Å². The molecule has 0 bridgehead atoms. The SMILES string of the molecule is CCC(C)N(CC)C(=O)N(CC)CC(C)C(=O)O. The van der Waals surface area contributed by atoms with Gasteiger partial charge in [-0.25, -0.2) is 4.79 Å².